The topological polar surface area (TPSA) is 33.4 Å². The van der Waals surface area contributed by atoms with Crippen LogP contribution in [-0.2, 0) is 7.05 Å². The second kappa shape index (κ2) is 4.93. The number of hydrogen-bond donors (Lipinski definition) is 0. The average molecular weight is 407 g/mol. The minimum absolute atomic E-state index is 0.956. The summed E-state index contributed by atoms with van der Waals surface area (Å²) in [6.07, 6.45) is 3.65. The van der Waals surface area contributed by atoms with Gasteiger partial charge >= 0.3 is 0 Å². The number of aryl methyl sites for hydroxylation is 1. The van der Waals surface area contributed by atoms with E-state index in [4.69, 9.17) is 0 Å². The van der Waals surface area contributed by atoms with E-state index in [2.05, 4.69) is 54.7 Å². The highest BCUT2D eigenvalue weighted by molar-refractivity contribution is 14.1. The van der Waals surface area contributed by atoms with E-state index in [1.165, 1.54) is 0 Å². The monoisotopic (exact) mass is 406 g/mol. The van der Waals surface area contributed by atoms with Crippen molar-refractivity contribution in [2.24, 2.45) is 12.0 Å². The molecule has 1 aromatic heterocycles. The van der Waals surface area contributed by atoms with Crippen LogP contribution in [0.4, 0.5) is 5.69 Å². The van der Waals surface area contributed by atoms with Crippen LogP contribution in [0.2, 0.25) is 0 Å². The van der Waals surface area contributed by atoms with Crippen LogP contribution in [-0.4, -0.2) is 35.1 Å². The predicted octanol–water partition coefficient (Wildman–Crippen LogP) is 3.16. The van der Waals surface area contributed by atoms with E-state index < -0.39 is 0 Å². The van der Waals surface area contributed by atoms with E-state index in [9.17, 15) is 0 Å². The van der Waals surface area contributed by atoms with Crippen LogP contribution in [0.5, 0.6) is 0 Å². The molecule has 0 radical (unpaired) electrons. The summed E-state index contributed by atoms with van der Waals surface area (Å²) in [6, 6.07) is 2.06. The van der Waals surface area contributed by atoms with Gasteiger partial charge in [-0.15, -0.1) is 0 Å². The average Bonchev–Trinajstić information content (AvgIpc) is 2.61. The van der Waals surface area contributed by atoms with Gasteiger partial charge in [0.25, 0.3) is 0 Å². The maximum absolute atomic E-state index is 4.52. The Balaban J connectivity index is 2.72. The number of rotatable bonds is 2. The number of halogens is 2. The summed E-state index contributed by atoms with van der Waals surface area (Å²) in [7, 11) is 5.84. The number of aromatic nitrogens is 2. The summed E-state index contributed by atoms with van der Waals surface area (Å²) < 4.78 is 4.00. The quantitative estimate of drug-likeness (QED) is 0.436. The molecular formula is C11H12BrIN4. The van der Waals surface area contributed by atoms with Crippen molar-refractivity contribution in [1.29, 1.82) is 0 Å². The van der Waals surface area contributed by atoms with E-state index in [0.29, 0.717) is 0 Å². The lowest BCUT2D eigenvalue weighted by Gasteiger charge is -2.07. The Morgan fingerprint density at radius 3 is 2.88 bits per heavy atom. The van der Waals surface area contributed by atoms with Crippen molar-refractivity contribution in [1.82, 2.24) is 14.7 Å². The molecule has 0 N–H and O–H groups in total. The molecule has 0 aliphatic rings. The molecule has 17 heavy (non-hydrogen) atoms. The number of benzene rings is 1. The number of fused-ring (bicyclic) bond motifs is 1. The SMILES string of the molecule is CN(C)/C=N/c1c(I)cc(Br)c2cnn(C)c12. The molecule has 0 bridgehead atoms. The Labute approximate surface area is 122 Å². The molecule has 0 saturated carbocycles. The van der Waals surface area contributed by atoms with Gasteiger partial charge in [0, 0.05) is 34.6 Å². The molecule has 1 heterocycles. The van der Waals surface area contributed by atoms with E-state index in [1.54, 1.807) is 6.34 Å². The fourth-order valence-corrected chi connectivity index (χ4v) is 3.21. The fraction of sp³-hybridized carbons (Fsp3) is 0.273. The van der Waals surface area contributed by atoms with Crippen LogP contribution in [0.3, 0.4) is 0 Å². The Hall–Kier alpha value is -0.630. The lowest BCUT2D eigenvalue weighted by atomic mass is 10.2. The smallest absolute Gasteiger partial charge is 0.104 e. The normalized spacial score (nSPS) is 11.6. The van der Waals surface area contributed by atoms with Crippen LogP contribution in [0.25, 0.3) is 10.9 Å². The molecule has 0 aliphatic heterocycles. The Morgan fingerprint density at radius 1 is 1.53 bits per heavy atom. The molecule has 0 spiro atoms. The Bertz CT molecular complexity index is 589. The molecule has 6 heteroatoms. The minimum Gasteiger partial charge on any atom is -0.369 e. The van der Waals surface area contributed by atoms with Crippen LogP contribution in [0.1, 0.15) is 0 Å². The standard InChI is InChI=1S/C11H12BrIN4/c1-16(2)6-14-10-9(13)4-8(12)7-5-15-17(3)11(7)10/h4-6H,1-3H3/b14-6+. The van der Waals surface area contributed by atoms with E-state index >= 15 is 0 Å². The minimum atomic E-state index is 0.956. The van der Waals surface area contributed by atoms with Crippen LogP contribution < -0.4 is 0 Å². The lowest BCUT2D eigenvalue weighted by molar-refractivity contribution is 0.643. The van der Waals surface area contributed by atoms with Gasteiger partial charge < -0.3 is 4.90 Å². The van der Waals surface area contributed by atoms with Crippen molar-refractivity contribution in [2.45, 2.75) is 0 Å². The molecule has 1 aromatic carbocycles. The van der Waals surface area contributed by atoms with Gasteiger partial charge in [0.1, 0.15) is 5.69 Å². The highest BCUT2D eigenvalue weighted by atomic mass is 127. The van der Waals surface area contributed by atoms with Crippen molar-refractivity contribution >= 4 is 61.4 Å². The maximum atomic E-state index is 4.52. The number of aliphatic imine (C=N–C) groups is 1. The van der Waals surface area contributed by atoms with Gasteiger partial charge in [-0.3, -0.25) is 4.68 Å². The van der Waals surface area contributed by atoms with E-state index in [0.717, 1.165) is 24.6 Å². The van der Waals surface area contributed by atoms with Crippen molar-refractivity contribution < 1.29 is 0 Å². The van der Waals surface area contributed by atoms with Crippen molar-refractivity contribution in [3.8, 4) is 0 Å². The van der Waals surface area contributed by atoms with Crippen LogP contribution >= 0.6 is 38.5 Å². The summed E-state index contributed by atoms with van der Waals surface area (Å²) in [6.45, 7) is 0. The van der Waals surface area contributed by atoms with Gasteiger partial charge in [0.05, 0.1) is 18.1 Å². The first-order valence-electron chi connectivity index (χ1n) is 5.01. The van der Waals surface area contributed by atoms with Crippen LogP contribution in [0, 0.1) is 3.57 Å². The molecule has 0 atom stereocenters. The van der Waals surface area contributed by atoms with Crippen LogP contribution in [0.15, 0.2) is 21.7 Å². The molecular weight excluding hydrogens is 395 g/mol. The van der Waals surface area contributed by atoms with Gasteiger partial charge in [-0.25, -0.2) is 4.99 Å². The van der Waals surface area contributed by atoms with Crippen molar-refractivity contribution in [2.75, 3.05) is 14.1 Å². The highest BCUT2D eigenvalue weighted by Gasteiger charge is 2.12. The Kier molecular flexibility index (Phi) is 3.72. The van der Waals surface area contributed by atoms with E-state index in [-0.39, 0.29) is 0 Å². The maximum Gasteiger partial charge on any atom is 0.104 e. The summed E-state index contributed by atoms with van der Waals surface area (Å²) in [4.78, 5) is 6.44. The third-order valence-electron chi connectivity index (χ3n) is 2.32. The van der Waals surface area contributed by atoms with Gasteiger partial charge in [-0.2, -0.15) is 5.10 Å². The zero-order valence-corrected chi connectivity index (χ0v) is 13.5. The third kappa shape index (κ3) is 2.47. The van der Waals surface area contributed by atoms with E-state index in [1.807, 2.05) is 36.9 Å². The molecule has 4 nitrogen and oxygen atoms in total. The second-order valence-electron chi connectivity index (χ2n) is 3.93. The molecule has 0 amide bonds. The number of hydrogen-bond acceptors (Lipinski definition) is 2. The number of nitrogens with zero attached hydrogens (tertiary/aromatic N) is 4. The summed E-state index contributed by atoms with van der Waals surface area (Å²) >= 11 is 5.85. The molecule has 2 rings (SSSR count). The second-order valence-corrected chi connectivity index (χ2v) is 5.94. The third-order valence-corrected chi connectivity index (χ3v) is 3.80. The first kappa shape index (κ1) is 12.8. The molecule has 0 fully saturated rings. The molecule has 0 aliphatic carbocycles. The van der Waals surface area contributed by atoms with Crippen molar-refractivity contribution in [3.05, 3.63) is 20.3 Å². The Morgan fingerprint density at radius 2 is 2.24 bits per heavy atom. The van der Waals surface area contributed by atoms with Crippen molar-refractivity contribution in [3.63, 3.8) is 0 Å². The zero-order valence-electron chi connectivity index (χ0n) is 9.78. The highest BCUT2D eigenvalue weighted by Crippen LogP contribution is 2.35. The molecule has 0 unspecified atom stereocenters. The summed E-state index contributed by atoms with van der Waals surface area (Å²) in [5.41, 5.74) is 2.00. The zero-order chi connectivity index (χ0) is 12.6. The first-order chi connectivity index (χ1) is 8.00. The lowest BCUT2D eigenvalue weighted by Crippen LogP contribution is -2.07. The summed E-state index contributed by atoms with van der Waals surface area (Å²) in [5, 5.41) is 5.36. The van der Waals surface area contributed by atoms with Gasteiger partial charge in [0.2, 0.25) is 0 Å². The van der Waals surface area contributed by atoms with Gasteiger partial charge in [0.15, 0.2) is 0 Å². The first-order valence-corrected chi connectivity index (χ1v) is 6.88. The molecule has 0 saturated heterocycles. The molecule has 2 aromatic rings. The molecule has 90 valence electrons. The van der Waals surface area contributed by atoms with Gasteiger partial charge in [-0.1, -0.05) is 0 Å². The predicted molar refractivity (Wildman–Crippen MR) is 83.0 cm³/mol. The van der Waals surface area contributed by atoms with Gasteiger partial charge in [-0.05, 0) is 44.6 Å². The summed E-state index contributed by atoms with van der Waals surface area (Å²) in [5.74, 6) is 0. The largest absolute Gasteiger partial charge is 0.369 e. The fourth-order valence-electron chi connectivity index (χ4n) is 1.56.